The standard InChI is InChI=1S/C24H20ClN3O3/c25-22-11-10-18(14-21(22)24(29)30)27-26-15-17-16-28(23-9-5-4-8-20(17)23)12-13-31-19-6-2-1-3-7-19/h1-11,14-16,27H,12-13H2,(H,29,30)/b26-15+. The fraction of sp³-hybridized carbons (Fsp3) is 0.0833. The first kappa shape index (κ1) is 20.5. The Morgan fingerprint density at radius 2 is 1.87 bits per heavy atom. The van der Waals surface area contributed by atoms with E-state index >= 15 is 0 Å². The van der Waals surface area contributed by atoms with Crippen LogP contribution in [0.15, 0.2) is 84.1 Å². The average molecular weight is 434 g/mol. The summed E-state index contributed by atoms with van der Waals surface area (Å²) in [5.74, 6) is -0.243. The number of hydrogen-bond donors (Lipinski definition) is 2. The first-order chi connectivity index (χ1) is 15.1. The van der Waals surface area contributed by atoms with Crippen LogP contribution in [0.25, 0.3) is 10.9 Å². The maximum absolute atomic E-state index is 11.2. The lowest BCUT2D eigenvalue weighted by molar-refractivity contribution is 0.0697. The molecule has 0 bridgehead atoms. The Labute approximate surface area is 184 Å². The van der Waals surface area contributed by atoms with Crippen molar-refractivity contribution >= 4 is 40.4 Å². The largest absolute Gasteiger partial charge is 0.492 e. The van der Waals surface area contributed by atoms with E-state index in [2.05, 4.69) is 21.2 Å². The third-order valence-electron chi connectivity index (χ3n) is 4.76. The van der Waals surface area contributed by atoms with Gasteiger partial charge in [-0.05, 0) is 36.4 Å². The molecular formula is C24H20ClN3O3. The maximum Gasteiger partial charge on any atom is 0.337 e. The minimum atomic E-state index is -1.08. The molecule has 0 aliphatic carbocycles. The quantitative estimate of drug-likeness (QED) is 0.283. The number of para-hydroxylation sites is 2. The number of aromatic nitrogens is 1. The summed E-state index contributed by atoms with van der Waals surface area (Å²) < 4.78 is 7.95. The van der Waals surface area contributed by atoms with Gasteiger partial charge >= 0.3 is 5.97 Å². The number of carboxylic acid groups (broad SMARTS) is 1. The zero-order chi connectivity index (χ0) is 21.6. The molecule has 0 atom stereocenters. The highest BCUT2D eigenvalue weighted by molar-refractivity contribution is 6.33. The van der Waals surface area contributed by atoms with Crippen LogP contribution in [-0.4, -0.2) is 28.5 Å². The Hall–Kier alpha value is -3.77. The van der Waals surface area contributed by atoms with Gasteiger partial charge in [-0.15, -0.1) is 0 Å². The number of halogens is 1. The second-order valence-corrected chi connectivity index (χ2v) is 7.23. The van der Waals surface area contributed by atoms with Crippen molar-refractivity contribution < 1.29 is 14.6 Å². The molecule has 0 unspecified atom stereocenters. The summed E-state index contributed by atoms with van der Waals surface area (Å²) >= 11 is 5.91. The molecule has 7 heteroatoms. The van der Waals surface area contributed by atoms with E-state index in [4.69, 9.17) is 16.3 Å². The van der Waals surface area contributed by atoms with Crippen LogP contribution in [0.4, 0.5) is 5.69 Å². The van der Waals surface area contributed by atoms with Crippen molar-refractivity contribution in [3.8, 4) is 5.75 Å². The van der Waals surface area contributed by atoms with E-state index in [1.807, 2.05) is 54.7 Å². The van der Waals surface area contributed by atoms with Crippen LogP contribution >= 0.6 is 11.6 Å². The Balaban J connectivity index is 1.49. The maximum atomic E-state index is 11.2. The minimum absolute atomic E-state index is 0.0249. The Morgan fingerprint density at radius 3 is 2.68 bits per heavy atom. The number of hydrazone groups is 1. The van der Waals surface area contributed by atoms with Crippen LogP contribution in [0.3, 0.4) is 0 Å². The molecule has 2 N–H and O–H groups in total. The van der Waals surface area contributed by atoms with Gasteiger partial charge in [0.05, 0.1) is 29.0 Å². The Bertz CT molecular complexity index is 1240. The molecule has 31 heavy (non-hydrogen) atoms. The van der Waals surface area contributed by atoms with Crippen LogP contribution in [0.2, 0.25) is 5.02 Å². The first-order valence-corrected chi connectivity index (χ1v) is 10.1. The molecule has 6 nitrogen and oxygen atoms in total. The van der Waals surface area contributed by atoms with Crippen LogP contribution in [0.5, 0.6) is 5.75 Å². The van der Waals surface area contributed by atoms with Gasteiger partial charge in [0.15, 0.2) is 0 Å². The Kier molecular flexibility index (Phi) is 6.19. The van der Waals surface area contributed by atoms with Crippen molar-refractivity contribution in [3.63, 3.8) is 0 Å². The first-order valence-electron chi connectivity index (χ1n) is 9.69. The van der Waals surface area contributed by atoms with Gasteiger partial charge < -0.3 is 14.4 Å². The number of hydrogen-bond acceptors (Lipinski definition) is 4. The monoisotopic (exact) mass is 433 g/mol. The highest BCUT2D eigenvalue weighted by atomic mass is 35.5. The summed E-state index contributed by atoms with van der Waals surface area (Å²) in [6.45, 7) is 1.23. The number of nitrogens with one attached hydrogen (secondary N) is 1. The predicted octanol–water partition coefficient (Wildman–Crippen LogP) is 5.52. The predicted molar refractivity (Wildman–Crippen MR) is 124 cm³/mol. The van der Waals surface area contributed by atoms with Crippen LogP contribution in [-0.2, 0) is 6.54 Å². The number of nitrogens with zero attached hydrogens (tertiary/aromatic N) is 2. The van der Waals surface area contributed by atoms with E-state index in [0.29, 0.717) is 18.8 Å². The highest BCUT2D eigenvalue weighted by Gasteiger charge is 2.09. The summed E-state index contributed by atoms with van der Waals surface area (Å²) in [5, 5.41) is 14.7. The molecule has 3 aromatic carbocycles. The lowest BCUT2D eigenvalue weighted by Crippen LogP contribution is -2.07. The average Bonchev–Trinajstić information content (AvgIpc) is 3.13. The molecule has 0 radical (unpaired) electrons. The second kappa shape index (κ2) is 9.36. The van der Waals surface area contributed by atoms with Crippen LogP contribution in [0.1, 0.15) is 15.9 Å². The summed E-state index contributed by atoms with van der Waals surface area (Å²) in [4.78, 5) is 11.2. The third-order valence-corrected chi connectivity index (χ3v) is 5.09. The van der Waals surface area contributed by atoms with Gasteiger partial charge in [0.1, 0.15) is 12.4 Å². The number of benzene rings is 3. The molecule has 0 fully saturated rings. The molecular weight excluding hydrogens is 414 g/mol. The van der Waals surface area contributed by atoms with Crippen molar-refractivity contribution in [1.82, 2.24) is 4.57 Å². The van der Waals surface area contributed by atoms with Crippen molar-refractivity contribution in [2.24, 2.45) is 5.10 Å². The van der Waals surface area contributed by atoms with Crippen LogP contribution < -0.4 is 10.2 Å². The van der Waals surface area contributed by atoms with E-state index in [9.17, 15) is 9.90 Å². The lowest BCUT2D eigenvalue weighted by atomic mass is 10.2. The summed E-state index contributed by atoms with van der Waals surface area (Å²) in [7, 11) is 0. The van der Waals surface area contributed by atoms with Crippen LogP contribution in [0, 0.1) is 0 Å². The highest BCUT2D eigenvalue weighted by Crippen LogP contribution is 2.22. The summed E-state index contributed by atoms with van der Waals surface area (Å²) in [6, 6.07) is 22.4. The zero-order valence-electron chi connectivity index (χ0n) is 16.5. The van der Waals surface area contributed by atoms with E-state index in [1.54, 1.807) is 12.3 Å². The summed E-state index contributed by atoms with van der Waals surface area (Å²) in [6.07, 6.45) is 3.74. The minimum Gasteiger partial charge on any atom is -0.492 e. The molecule has 0 saturated heterocycles. The molecule has 0 aliphatic rings. The second-order valence-electron chi connectivity index (χ2n) is 6.83. The summed E-state index contributed by atoms with van der Waals surface area (Å²) in [5.41, 5.74) is 5.46. The smallest absolute Gasteiger partial charge is 0.337 e. The van der Waals surface area contributed by atoms with Gasteiger partial charge in [0, 0.05) is 22.7 Å². The number of rotatable bonds is 8. The van der Waals surface area contributed by atoms with E-state index in [0.717, 1.165) is 22.2 Å². The fourth-order valence-corrected chi connectivity index (χ4v) is 3.48. The molecule has 0 aliphatic heterocycles. The molecule has 1 heterocycles. The van der Waals surface area contributed by atoms with E-state index < -0.39 is 5.97 Å². The number of anilines is 1. The lowest BCUT2D eigenvalue weighted by Gasteiger charge is -2.08. The number of fused-ring (bicyclic) bond motifs is 1. The zero-order valence-corrected chi connectivity index (χ0v) is 17.3. The van der Waals surface area contributed by atoms with Crippen molar-refractivity contribution in [2.45, 2.75) is 6.54 Å². The number of aromatic carboxylic acids is 1. The van der Waals surface area contributed by atoms with Gasteiger partial charge in [-0.1, -0.05) is 48.0 Å². The van der Waals surface area contributed by atoms with Crippen molar-refractivity contribution in [2.75, 3.05) is 12.0 Å². The van der Waals surface area contributed by atoms with E-state index in [1.165, 1.54) is 12.1 Å². The normalized spacial score (nSPS) is 11.1. The van der Waals surface area contributed by atoms with Crippen molar-refractivity contribution in [1.29, 1.82) is 0 Å². The topological polar surface area (TPSA) is 75.9 Å². The SMILES string of the molecule is O=C(O)c1cc(N/N=C/c2cn(CCOc3ccccc3)c3ccccc23)ccc1Cl. The number of carbonyl (C=O) groups is 1. The molecule has 0 saturated carbocycles. The number of carboxylic acids is 1. The van der Waals surface area contributed by atoms with Gasteiger partial charge in [0.25, 0.3) is 0 Å². The number of ether oxygens (including phenoxy) is 1. The molecule has 156 valence electrons. The molecule has 1 aromatic heterocycles. The van der Waals surface area contributed by atoms with Gasteiger partial charge in [0.2, 0.25) is 0 Å². The van der Waals surface area contributed by atoms with Gasteiger partial charge in [-0.2, -0.15) is 5.10 Å². The third kappa shape index (κ3) is 4.87. The molecule has 0 spiro atoms. The Morgan fingerprint density at radius 1 is 1.10 bits per heavy atom. The van der Waals surface area contributed by atoms with E-state index in [-0.39, 0.29) is 10.6 Å². The van der Waals surface area contributed by atoms with Crippen molar-refractivity contribution in [3.05, 3.63) is 95.1 Å². The molecule has 4 rings (SSSR count). The molecule has 4 aromatic rings. The fourth-order valence-electron chi connectivity index (χ4n) is 3.28. The molecule has 0 amide bonds. The van der Waals surface area contributed by atoms with Gasteiger partial charge in [-0.3, -0.25) is 5.43 Å². The van der Waals surface area contributed by atoms with Gasteiger partial charge in [-0.25, -0.2) is 4.79 Å².